The number of ether oxygens (including phenoxy) is 2. The Morgan fingerprint density at radius 3 is 2.70 bits per heavy atom. The van der Waals surface area contributed by atoms with Gasteiger partial charge in [0.25, 0.3) is 0 Å². The zero-order valence-corrected chi connectivity index (χ0v) is 14.9. The highest BCUT2D eigenvalue weighted by molar-refractivity contribution is 9.10. The SMILES string of the molecule is Cc1cc(S(=O)(=O)NCC2COc3ccccc3O2)ccc1Br. The number of nitrogens with one attached hydrogen (secondary N) is 1. The number of hydrogen-bond acceptors (Lipinski definition) is 4. The number of benzene rings is 2. The van der Waals surface area contributed by atoms with Gasteiger partial charge in [-0.15, -0.1) is 0 Å². The molecule has 0 bridgehead atoms. The standard InChI is InChI=1S/C16H16BrNO4S/c1-11-8-13(6-7-14(11)17)23(19,20)18-9-12-10-21-15-4-2-3-5-16(15)22-12/h2-8,12,18H,9-10H2,1H3. The van der Waals surface area contributed by atoms with Crippen LogP contribution in [0.4, 0.5) is 0 Å². The average molecular weight is 398 g/mol. The first-order valence-corrected chi connectivity index (χ1v) is 9.37. The van der Waals surface area contributed by atoms with Gasteiger partial charge in [-0.1, -0.05) is 28.1 Å². The van der Waals surface area contributed by atoms with E-state index in [0.29, 0.717) is 18.1 Å². The smallest absolute Gasteiger partial charge is 0.240 e. The summed E-state index contributed by atoms with van der Waals surface area (Å²) in [7, 11) is -3.58. The third-order valence-electron chi connectivity index (χ3n) is 3.51. The summed E-state index contributed by atoms with van der Waals surface area (Å²) in [4.78, 5) is 0.232. The van der Waals surface area contributed by atoms with E-state index < -0.39 is 10.0 Å². The number of sulfonamides is 1. The molecule has 0 radical (unpaired) electrons. The van der Waals surface area contributed by atoms with Gasteiger partial charge in [0.15, 0.2) is 11.5 Å². The van der Waals surface area contributed by atoms with Crippen LogP contribution in [0.1, 0.15) is 5.56 Å². The van der Waals surface area contributed by atoms with Crippen LogP contribution in [0.3, 0.4) is 0 Å². The number of aryl methyl sites for hydroxylation is 1. The molecule has 0 aromatic heterocycles. The van der Waals surface area contributed by atoms with Crippen molar-refractivity contribution in [3.05, 3.63) is 52.5 Å². The lowest BCUT2D eigenvalue weighted by Gasteiger charge is -2.26. The lowest BCUT2D eigenvalue weighted by molar-refractivity contribution is 0.0943. The summed E-state index contributed by atoms with van der Waals surface area (Å²) in [5, 5.41) is 0. The van der Waals surface area contributed by atoms with E-state index in [9.17, 15) is 8.42 Å². The highest BCUT2D eigenvalue weighted by Crippen LogP contribution is 2.30. The fourth-order valence-corrected chi connectivity index (χ4v) is 3.63. The first kappa shape index (κ1) is 16.3. The van der Waals surface area contributed by atoms with Gasteiger partial charge in [0.1, 0.15) is 12.7 Å². The van der Waals surface area contributed by atoms with E-state index in [-0.39, 0.29) is 17.5 Å². The van der Waals surface area contributed by atoms with Gasteiger partial charge < -0.3 is 9.47 Å². The van der Waals surface area contributed by atoms with Gasteiger partial charge in [-0.05, 0) is 42.8 Å². The zero-order valence-electron chi connectivity index (χ0n) is 12.5. The van der Waals surface area contributed by atoms with Crippen molar-refractivity contribution in [3.8, 4) is 11.5 Å². The van der Waals surface area contributed by atoms with Crippen molar-refractivity contribution in [2.45, 2.75) is 17.9 Å². The molecule has 0 saturated carbocycles. The van der Waals surface area contributed by atoms with Crippen LogP contribution in [0.2, 0.25) is 0 Å². The molecule has 23 heavy (non-hydrogen) atoms. The van der Waals surface area contributed by atoms with E-state index in [1.807, 2.05) is 25.1 Å². The number of fused-ring (bicyclic) bond motifs is 1. The van der Waals surface area contributed by atoms with Crippen molar-refractivity contribution in [1.82, 2.24) is 4.72 Å². The largest absolute Gasteiger partial charge is 0.486 e. The van der Waals surface area contributed by atoms with Gasteiger partial charge >= 0.3 is 0 Å². The van der Waals surface area contributed by atoms with Crippen LogP contribution in [0.25, 0.3) is 0 Å². The van der Waals surface area contributed by atoms with E-state index in [2.05, 4.69) is 20.7 Å². The monoisotopic (exact) mass is 397 g/mol. The van der Waals surface area contributed by atoms with Crippen LogP contribution < -0.4 is 14.2 Å². The summed E-state index contributed by atoms with van der Waals surface area (Å²) in [6.45, 7) is 2.29. The normalized spacial score (nSPS) is 17.0. The number of hydrogen-bond donors (Lipinski definition) is 1. The Labute approximate surface area is 143 Å². The topological polar surface area (TPSA) is 64.6 Å². The maximum absolute atomic E-state index is 12.4. The van der Waals surface area contributed by atoms with Crippen molar-refractivity contribution in [1.29, 1.82) is 0 Å². The van der Waals surface area contributed by atoms with Crippen LogP contribution in [-0.2, 0) is 10.0 Å². The van der Waals surface area contributed by atoms with Gasteiger partial charge in [0, 0.05) is 4.47 Å². The molecule has 1 aliphatic heterocycles. The second-order valence-electron chi connectivity index (χ2n) is 5.26. The maximum Gasteiger partial charge on any atom is 0.240 e. The summed E-state index contributed by atoms with van der Waals surface area (Å²) in [5.74, 6) is 1.30. The number of halogens is 1. The van der Waals surface area contributed by atoms with E-state index in [4.69, 9.17) is 9.47 Å². The molecule has 3 rings (SSSR count). The fourth-order valence-electron chi connectivity index (χ4n) is 2.23. The second-order valence-corrected chi connectivity index (χ2v) is 7.88. The van der Waals surface area contributed by atoms with Crippen LogP contribution in [0.15, 0.2) is 51.8 Å². The molecule has 0 fully saturated rings. The molecule has 2 aromatic rings. The lowest BCUT2D eigenvalue weighted by Crippen LogP contribution is -2.40. The fraction of sp³-hybridized carbons (Fsp3) is 0.250. The minimum absolute atomic E-state index is 0.145. The van der Waals surface area contributed by atoms with E-state index in [1.165, 1.54) is 0 Å². The quantitative estimate of drug-likeness (QED) is 0.861. The molecule has 7 heteroatoms. The Balaban J connectivity index is 1.67. The van der Waals surface area contributed by atoms with Crippen molar-refractivity contribution in [2.75, 3.05) is 13.2 Å². The van der Waals surface area contributed by atoms with Crippen LogP contribution in [0.5, 0.6) is 11.5 Å². The summed E-state index contributed by atoms with van der Waals surface area (Å²) in [5.41, 5.74) is 0.860. The molecular formula is C16H16BrNO4S. The van der Waals surface area contributed by atoms with Crippen LogP contribution in [0, 0.1) is 6.92 Å². The molecule has 0 saturated heterocycles. The molecule has 0 amide bonds. The number of para-hydroxylation sites is 2. The molecule has 0 aliphatic carbocycles. The molecule has 2 aromatic carbocycles. The third kappa shape index (κ3) is 3.68. The molecule has 1 unspecified atom stereocenters. The second kappa shape index (κ2) is 6.51. The van der Waals surface area contributed by atoms with Gasteiger partial charge in [0.05, 0.1) is 11.4 Å². The Bertz CT molecular complexity index is 823. The molecule has 1 heterocycles. The van der Waals surface area contributed by atoms with Crippen molar-refractivity contribution < 1.29 is 17.9 Å². The van der Waals surface area contributed by atoms with Crippen LogP contribution >= 0.6 is 15.9 Å². The van der Waals surface area contributed by atoms with Crippen molar-refractivity contribution >= 4 is 26.0 Å². The first-order valence-electron chi connectivity index (χ1n) is 7.10. The lowest BCUT2D eigenvalue weighted by atomic mass is 10.2. The van der Waals surface area contributed by atoms with E-state index >= 15 is 0 Å². The summed E-state index contributed by atoms with van der Waals surface area (Å²) in [6.07, 6.45) is -0.365. The van der Waals surface area contributed by atoms with Crippen molar-refractivity contribution in [2.24, 2.45) is 0 Å². The molecule has 1 atom stereocenters. The molecule has 0 spiro atoms. The minimum atomic E-state index is -3.58. The molecule has 5 nitrogen and oxygen atoms in total. The Hall–Kier alpha value is -1.57. The maximum atomic E-state index is 12.4. The number of rotatable bonds is 4. The average Bonchev–Trinajstić information content (AvgIpc) is 2.55. The van der Waals surface area contributed by atoms with E-state index in [1.54, 1.807) is 24.3 Å². The van der Waals surface area contributed by atoms with Crippen molar-refractivity contribution in [3.63, 3.8) is 0 Å². The summed E-state index contributed by atoms with van der Waals surface area (Å²) in [6, 6.07) is 12.2. The molecule has 1 aliphatic rings. The Morgan fingerprint density at radius 1 is 1.22 bits per heavy atom. The van der Waals surface area contributed by atoms with Gasteiger partial charge in [-0.25, -0.2) is 13.1 Å². The predicted octanol–water partition coefficient (Wildman–Crippen LogP) is 2.88. The van der Waals surface area contributed by atoms with Gasteiger partial charge in [0.2, 0.25) is 10.0 Å². The Morgan fingerprint density at radius 2 is 1.96 bits per heavy atom. The van der Waals surface area contributed by atoms with Gasteiger partial charge in [-0.3, -0.25) is 0 Å². The molecule has 122 valence electrons. The molecule has 1 N–H and O–H groups in total. The first-order chi connectivity index (χ1) is 11.0. The van der Waals surface area contributed by atoms with Crippen LogP contribution in [-0.4, -0.2) is 27.7 Å². The molecular weight excluding hydrogens is 382 g/mol. The summed E-state index contributed by atoms with van der Waals surface area (Å²) < 4.78 is 39.5. The zero-order chi connectivity index (χ0) is 16.4. The van der Waals surface area contributed by atoms with E-state index in [0.717, 1.165) is 10.0 Å². The highest BCUT2D eigenvalue weighted by Gasteiger charge is 2.23. The highest BCUT2D eigenvalue weighted by atomic mass is 79.9. The van der Waals surface area contributed by atoms with Gasteiger partial charge in [-0.2, -0.15) is 0 Å². The Kier molecular flexibility index (Phi) is 4.61. The third-order valence-corrected chi connectivity index (χ3v) is 5.82. The summed E-state index contributed by atoms with van der Waals surface area (Å²) >= 11 is 3.36. The minimum Gasteiger partial charge on any atom is -0.486 e. The predicted molar refractivity (Wildman–Crippen MR) is 90.4 cm³/mol.